The average Bonchev–Trinajstić information content (AvgIpc) is 2.16. The zero-order chi connectivity index (χ0) is 9.52. The Hall–Kier alpha value is -0.220. The molecule has 13 heavy (non-hydrogen) atoms. The highest BCUT2D eigenvalue weighted by Gasteiger charge is 2.15. The maximum absolute atomic E-state index is 11.3. The number of carbonyl (C=O) groups excluding carboxylic acids is 1. The molecule has 76 valence electrons. The maximum Gasteiger partial charge on any atom is 0.222 e. The van der Waals surface area contributed by atoms with Gasteiger partial charge in [0, 0.05) is 6.54 Å². The number of hydrogen-bond donors (Lipinski definition) is 2. The van der Waals surface area contributed by atoms with Crippen LogP contribution in [0.25, 0.3) is 0 Å². The molecule has 1 aliphatic rings. The molecule has 1 saturated heterocycles. The topological polar surface area (TPSA) is 41.1 Å². The van der Waals surface area contributed by atoms with Crippen LogP contribution >= 0.6 is 11.8 Å². The Morgan fingerprint density at radius 3 is 3.15 bits per heavy atom. The van der Waals surface area contributed by atoms with Crippen molar-refractivity contribution >= 4 is 17.7 Å². The number of thioether (sulfide) groups is 1. The van der Waals surface area contributed by atoms with Gasteiger partial charge in [0.2, 0.25) is 5.91 Å². The van der Waals surface area contributed by atoms with Gasteiger partial charge in [-0.2, -0.15) is 0 Å². The molecule has 0 aromatic rings. The Kier molecular flexibility index (Phi) is 5.23. The molecule has 2 N–H and O–H groups in total. The zero-order valence-electron chi connectivity index (χ0n) is 8.14. The summed E-state index contributed by atoms with van der Waals surface area (Å²) < 4.78 is 0. The molecule has 1 rings (SSSR count). The normalized spacial score (nSPS) is 22.7. The Morgan fingerprint density at radius 1 is 1.69 bits per heavy atom. The van der Waals surface area contributed by atoms with Gasteiger partial charge in [0.05, 0.1) is 11.8 Å². The summed E-state index contributed by atoms with van der Waals surface area (Å²) in [4.78, 5) is 11.3. The molecule has 1 heterocycles. The first kappa shape index (κ1) is 10.9. The lowest BCUT2D eigenvalue weighted by molar-refractivity contribution is -0.121. The molecule has 0 bridgehead atoms. The molecule has 3 nitrogen and oxygen atoms in total. The molecule has 1 fully saturated rings. The molecule has 0 aliphatic carbocycles. The Bertz CT molecular complexity index is 158. The second-order valence-electron chi connectivity index (χ2n) is 3.22. The lowest BCUT2D eigenvalue weighted by Crippen LogP contribution is -2.37. The number of rotatable bonds is 4. The SMILES string of the molecule is CCCNC(=O)CC1NCCCS1. The van der Waals surface area contributed by atoms with Crippen molar-refractivity contribution < 1.29 is 4.79 Å². The van der Waals surface area contributed by atoms with E-state index in [-0.39, 0.29) is 5.91 Å². The average molecular weight is 202 g/mol. The van der Waals surface area contributed by atoms with E-state index in [0.29, 0.717) is 11.8 Å². The van der Waals surface area contributed by atoms with Crippen molar-refractivity contribution in [1.29, 1.82) is 0 Å². The van der Waals surface area contributed by atoms with Gasteiger partial charge < -0.3 is 10.6 Å². The molecule has 0 spiro atoms. The van der Waals surface area contributed by atoms with Gasteiger partial charge in [0.1, 0.15) is 0 Å². The number of hydrogen-bond acceptors (Lipinski definition) is 3. The van der Waals surface area contributed by atoms with E-state index in [1.165, 1.54) is 12.2 Å². The van der Waals surface area contributed by atoms with Gasteiger partial charge in [0.15, 0.2) is 0 Å². The number of amides is 1. The highest BCUT2D eigenvalue weighted by Crippen LogP contribution is 2.16. The van der Waals surface area contributed by atoms with Crippen LogP contribution in [0.15, 0.2) is 0 Å². The first-order chi connectivity index (χ1) is 6.33. The van der Waals surface area contributed by atoms with E-state index >= 15 is 0 Å². The van der Waals surface area contributed by atoms with E-state index in [4.69, 9.17) is 0 Å². The fourth-order valence-electron chi connectivity index (χ4n) is 1.26. The van der Waals surface area contributed by atoms with Crippen molar-refractivity contribution in [2.75, 3.05) is 18.8 Å². The van der Waals surface area contributed by atoms with E-state index in [1.54, 1.807) is 0 Å². The minimum Gasteiger partial charge on any atom is -0.356 e. The van der Waals surface area contributed by atoms with Gasteiger partial charge >= 0.3 is 0 Å². The largest absolute Gasteiger partial charge is 0.356 e. The monoisotopic (exact) mass is 202 g/mol. The molecule has 1 unspecified atom stereocenters. The summed E-state index contributed by atoms with van der Waals surface area (Å²) in [6.07, 6.45) is 2.85. The quantitative estimate of drug-likeness (QED) is 0.713. The Morgan fingerprint density at radius 2 is 2.54 bits per heavy atom. The summed E-state index contributed by atoms with van der Waals surface area (Å²) in [5.74, 6) is 1.35. The van der Waals surface area contributed by atoms with Crippen LogP contribution in [0.3, 0.4) is 0 Å². The smallest absolute Gasteiger partial charge is 0.222 e. The second kappa shape index (κ2) is 6.27. The molecule has 0 radical (unpaired) electrons. The fourth-order valence-corrected chi connectivity index (χ4v) is 2.36. The summed E-state index contributed by atoms with van der Waals surface area (Å²) in [6.45, 7) is 3.92. The lowest BCUT2D eigenvalue weighted by Gasteiger charge is -2.22. The third kappa shape index (κ3) is 4.52. The van der Waals surface area contributed by atoms with Crippen LogP contribution in [-0.2, 0) is 4.79 Å². The van der Waals surface area contributed by atoms with Gasteiger partial charge in [-0.15, -0.1) is 11.8 Å². The molecular weight excluding hydrogens is 184 g/mol. The van der Waals surface area contributed by atoms with Gasteiger partial charge in [0.25, 0.3) is 0 Å². The van der Waals surface area contributed by atoms with E-state index in [0.717, 1.165) is 19.5 Å². The first-order valence-corrected chi connectivity index (χ1v) is 5.99. The Labute approximate surface area is 84.0 Å². The first-order valence-electron chi connectivity index (χ1n) is 4.94. The molecular formula is C9H18N2OS. The molecule has 1 atom stereocenters. The van der Waals surface area contributed by atoms with Crippen LogP contribution in [0, 0.1) is 0 Å². The third-order valence-electron chi connectivity index (χ3n) is 1.96. The van der Waals surface area contributed by atoms with Crippen molar-refractivity contribution in [3.8, 4) is 0 Å². The minimum absolute atomic E-state index is 0.175. The molecule has 1 aliphatic heterocycles. The van der Waals surface area contributed by atoms with Crippen LogP contribution in [0.2, 0.25) is 0 Å². The second-order valence-corrected chi connectivity index (χ2v) is 4.53. The van der Waals surface area contributed by atoms with Crippen LogP contribution in [0.4, 0.5) is 0 Å². The zero-order valence-corrected chi connectivity index (χ0v) is 8.95. The molecule has 1 amide bonds. The van der Waals surface area contributed by atoms with Gasteiger partial charge in [-0.3, -0.25) is 4.79 Å². The number of nitrogens with one attached hydrogen (secondary N) is 2. The number of carbonyl (C=O) groups is 1. The maximum atomic E-state index is 11.3. The van der Waals surface area contributed by atoms with Crippen LogP contribution in [-0.4, -0.2) is 30.1 Å². The molecule has 4 heteroatoms. The van der Waals surface area contributed by atoms with E-state index < -0.39 is 0 Å². The van der Waals surface area contributed by atoms with E-state index in [2.05, 4.69) is 17.6 Å². The Balaban J connectivity index is 2.11. The fraction of sp³-hybridized carbons (Fsp3) is 0.889. The standard InChI is InChI=1S/C9H18N2OS/c1-2-4-10-8(12)7-9-11-5-3-6-13-9/h9,11H,2-7H2,1H3,(H,10,12). The minimum atomic E-state index is 0.175. The predicted molar refractivity (Wildman–Crippen MR) is 56.8 cm³/mol. The predicted octanol–water partition coefficient (Wildman–Crippen LogP) is 0.955. The van der Waals surface area contributed by atoms with E-state index in [1.807, 2.05) is 11.8 Å². The van der Waals surface area contributed by atoms with Crippen LogP contribution < -0.4 is 10.6 Å². The van der Waals surface area contributed by atoms with Crippen molar-refractivity contribution in [2.24, 2.45) is 0 Å². The van der Waals surface area contributed by atoms with Crippen molar-refractivity contribution in [3.63, 3.8) is 0 Å². The van der Waals surface area contributed by atoms with Gasteiger partial charge in [-0.25, -0.2) is 0 Å². The summed E-state index contributed by atoms with van der Waals surface area (Å²) in [7, 11) is 0. The van der Waals surface area contributed by atoms with Crippen molar-refractivity contribution in [1.82, 2.24) is 10.6 Å². The van der Waals surface area contributed by atoms with Gasteiger partial charge in [-0.1, -0.05) is 6.92 Å². The highest BCUT2D eigenvalue weighted by molar-refractivity contribution is 7.99. The highest BCUT2D eigenvalue weighted by atomic mass is 32.2. The summed E-state index contributed by atoms with van der Waals surface area (Å²) in [5.41, 5.74) is 0. The van der Waals surface area contributed by atoms with Crippen LogP contribution in [0.5, 0.6) is 0 Å². The van der Waals surface area contributed by atoms with Crippen molar-refractivity contribution in [2.45, 2.75) is 31.6 Å². The van der Waals surface area contributed by atoms with Crippen LogP contribution in [0.1, 0.15) is 26.2 Å². The van der Waals surface area contributed by atoms with Gasteiger partial charge in [-0.05, 0) is 25.1 Å². The van der Waals surface area contributed by atoms with Crippen molar-refractivity contribution in [3.05, 3.63) is 0 Å². The summed E-state index contributed by atoms with van der Waals surface area (Å²) in [5, 5.41) is 6.55. The summed E-state index contributed by atoms with van der Waals surface area (Å²) >= 11 is 1.85. The summed E-state index contributed by atoms with van der Waals surface area (Å²) in [6, 6.07) is 0. The molecule has 0 saturated carbocycles. The molecule has 0 aromatic carbocycles. The lowest BCUT2D eigenvalue weighted by atomic mass is 10.3. The van der Waals surface area contributed by atoms with E-state index in [9.17, 15) is 4.79 Å². The third-order valence-corrected chi connectivity index (χ3v) is 3.22. The molecule has 0 aromatic heterocycles.